The Bertz CT molecular complexity index is 718. The van der Waals surface area contributed by atoms with E-state index >= 15 is 0 Å². The molecule has 3 aromatic rings. The van der Waals surface area contributed by atoms with E-state index < -0.39 is 0 Å². The summed E-state index contributed by atoms with van der Waals surface area (Å²) in [5.74, 6) is 0.805. The van der Waals surface area contributed by atoms with Crippen LogP contribution in [-0.2, 0) is 13.6 Å². The van der Waals surface area contributed by atoms with Gasteiger partial charge in [0.25, 0.3) is 0 Å². The minimum absolute atomic E-state index is 0.619. The SMILES string of the molecule is Cc1cc(CNc2nc3ccncc3n2C)ncn1. The molecule has 0 saturated heterocycles. The number of nitrogens with one attached hydrogen (secondary N) is 1. The van der Waals surface area contributed by atoms with Crippen molar-refractivity contribution in [2.45, 2.75) is 13.5 Å². The Morgan fingerprint density at radius 3 is 3.00 bits per heavy atom. The van der Waals surface area contributed by atoms with E-state index in [2.05, 4.69) is 25.3 Å². The summed E-state index contributed by atoms with van der Waals surface area (Å²) in [4.78, 5) is 16.9. The third-order valence-corrected chi connectivity index (χ3v) is 2.97. The first-order valence-electron chi connectivity index (χ1n) is 6.02. The molecule has 0 fully saturated rings. The van der Waals surface area contributed by atoms with Crippen molar-refractivity contribution in [3.05, 3.63) is 42.2 Å². The highest BCUT2D eigenvalue weighted by molar-refractivity contribution is 5.77. The van der Waals surface area contributed by atoms with Crippen LogP contribution < -0.4 is 5.32 Å². The number of nitrogens with zero attached hydrogens (tertiary/aromatic N) is 5. The minimum Gasteiger partial charge on any atom is -0.350 e. The first-order chi connectivity index (χ1) is 9.24. The molecule has 3 aromatic heterocycles. The van der Waals surface area contributed by atoms with Crippen molar-refractivity contribution in [3.63, 3.8) is 0 Å². The van der Waals surface area contributed by atoms with E-state index in [1.165, 1.54) is 0 Å². The average molecular weight is 254 g/mol. The lowest BCUT2D eigenvalue weighted by molar-refractivity contribution is 0.906. The summed E-state index contributed by atoms with van der Waals surface area (Å²) in [6.45, 7) is 2.57. The third-order valence-electron chi connectivity index (χ3n) is 2.97. The van der Waals surface area contributed by atoms with Gasteiger partial charge in [-0.1, -0.05) is 0 Å². The number of pyridine rings is 1. The summed E-state index contributed by atoms with van der Waals surface area (Å²) in [7, 11) is 1.96. The number of fused-ring (bicyclic) bond motifs is 1. The number of anilines is 1. The second kappa shape index (κ2) is 4.64. The van der Waals surface area contributed by atoms with E-state index in [1.54, 1.807) is 12.5 Å². The van der Waals surface area contributed by atoms with Gasteiger partial charge in [0.1, 0.15) is 6.33 Å². The van der Waals surface area contributed by atoms with Crippen LogP contribution in [-0.4, -0.2) is 24.5 Å². The Morgan fingerprint density at radius 2 is 2.21 bits per heavy atom. The van der Waals surface area contributed by atoms with E-state index in [4.69, 9.17) is 0 Å². The summed E-state index contributed by atoms with van der Waals surface area (Å²) in [5, 5.41) is 3.28. The van der Waals surface area contributed by atoms with E-state index in [9.17, 15) is 0 Å². The highest BCUT2D eigenvalue weighted by atomic mass is 15.2. The second-order valence-electron chi connectivity index (χ2n) is 4.36. The molecule has 96 valence electrons. The van der Waals surface area contributed by atoms with Crippen LogP contribution in [0, 0.1) is 6.92 Å². The average Bonchev–Trinajstić information content (AvgIpc) is 2.74. The molecule has 0 aliphatic heterocycles. The molecular weight excluding hydrogens is 240 g/mol. The molecule has 6 nitrogen and oxygen atoms in total. The standard InChI is InChI=1S/C13H14N6/c1-9-5-10(17-8-16-9)6-15-13-18-11-3-4-14-7-12(11)19(13)2/h3-5,7-8H,6H2,1-2H3,(H,15,18). The predicted octanol–water partition coefficient (Wildman–Crippen LogP) is 1.68. The molecule has 0 aliphatic rings. The summed E-state index contributed by atoms with van der Waals surface area (Å²) in [6, 6.07) is 3.85. The Morgan fingerprint density at radius 1 is 1.32 bits per heavy atom. The fourth-order valence-electron chi connectivity index (χ4n) is 1.97. The van der Waals surface area contributed by atoms with Crippen molar-refractivity contribution in [1.82, 2.24) is 24.5 Å². The lowest BCUT2D eigenvalue weighted by Crippen LogP contribution is -2.06. The molecule has 0 atom stereocenters. The van der Waals surface area contributed by atoms with Gasteiger partial charge in [-0.3, -0.25) is 4.98 Å². The summed E-state index contributed by atoms with van der Waals surface area (Å²) < 4.78 is 1.98. The first kappa shape index (κ1) is 11.6. The quantitative estimate of drug-likeness (QED) is 0.770. The van der Waals surface area contributed by atoms with Crippen LogP contribution in [0.3, 0.4) is 0 Å². The Hall–Kier alpha value is -2.50. The summed E-state index contributed by atoms with van der Waals surface area (Å²) in [5.41, 5.74) is 3.83. The molecule has 0 bridgehead atoms. The molecule has 0 spiro atoms. The number of aromatic nitrogens is 5. The maximum absolute atomic E-state index is 4.52. The largest absolute Gasteiger partial charge is 0.350 e. The van der Waals surface area contributed by atoms with Gasteiger partial charge in [-0.25, -0.2) is 15.0 Å². The molecule has 0 saturated carbocycles. The molecule has 0 aromatic carbocycles. The van der Waals surface area contributed by atoms with Crippen LogP contribution in [0.15, 0.2) is 30.9 Å². The van der Waals surface area contributed by atoms with Crippen LogP contribution in [0.4, 0.5) is 5.95 Å². The maximum Gasteiger partial charge on any atom is 0.203 e. The molecule has 0 unspecified atom stereocenters. The molecule has 0 radical (unpaired) electrons. The zero-order chi connectivity index (χ0) is 13.2. The normalized spacial score (nSPS) is 10.8. The fraction of sp³-hybridized carbons (Fsp3) is 0.231. The third kappa shape index (κ3) is 2.24. The van der Waals surface area contributed by atoms with Gasteiger partial charge in [0.05, 0.1) is 29.5 Å². The van der Waals surface area contributed by atoms with Gasteiger partial charge in [-0.05, 0) is 19.1 Å². The van der Waals surface area contributed by atoms with Gasteiger partial charge in [0, 0.05) is 18.9 Å². The van der Waals surface area contributed by atoms with Crippen LogP contribution in [0.5, 0.6) is 0 Å². The molecule has 3 heterocycles. The molecule has 19 heavy (non-hydrogen) atoms. The summed E-state index contributed by atoms with van der Waals surface area (Å²) >= 11 is 0. The van der Waals surface area contributed by atoms with Crippen LogP contribution in [0.25, 0.3) is 11.0 Å². The first-order valence-corrected chi connectivity index (χ1v) is 6.02. The molecule has 3 rings (SSSR count). The lowest BCUT2D eigenvalue weighted by Gasteiger charge is -2.05. The number of hydrogen-bond acceptors (Lipinski definition) is 5. The van der Waals surface area contributed by atoms with Gasteiger partial charge < -0.3 is 9.88 Å². The zero-order valence-corrected chi connectivity index (χ0v) is 10.8. The van der Waals surface area contributed by atoms with E-state index in [0.29, 0.717) is 6.54 Å². The van der Waals surface area contributed by atoms with Gasteiger partial charge in [-0.2, -0.15) is 0 Å². The van der Waals surface area contributed by atoms with Crippen molar-refractivity contribution in [2.75, 3.05) is 5.32 Å². The predicted molar refractivity (Wildman–Crippen MR) is 72.6 cm³/mol. The van der Waals surface area contributed by atoms with Gasteiger partial charge >= 0.3 is 0 Å². The maximum atomic E-state index is 4.52. The minimum atomic E-state index is 0.619. The van der Waals surface area contributed by atoms with Gasteiger partial charge in [0.15, 0.2) is 0 Å². The van der Waals surface area contributed by atoms with Crippen molar-refractivity contribution in [2.24, 2.45) is 7.05 Å². The smallest absolute Gasteiger partial charge is 0.203 e. The van der Waals surface area contributed by atoms with E-state index in [-0.39, 0.29) is 0 Å². The Labute approximate surface area is 110 Å². The molecule has 1 N–H and O–H groups in total. The number of aryl methyl sites for hydroxylation is 2. The highest BCUT2D eigenvalue weighted by Gasteiger charge is 2.07. The van der Waals surface area contributed by atoms with E-state index in [1.807, 2.05) is 36.9 Å². The van der Waals surface area contributed by atoms with Crippen molar-refractivity contribution < 1.29 is 0 Å². The number of rotatable bonds is 3. The molecule has 6 heteroatoms. The molecular formula is C13H14N6. The van der Waals surface area contributed by atoms with Crippen molar-refractivity contribution >= 4 is 17.0 Å². The lowest BCUT2D eigenvalue weighted by atomic mass is 10.3. The Kier molecular flexibility index (Phi) is 2.83. The van der Waals surface area contributed by atoms with Crippen LogP contribution in [0.1, 0.15) is 11.4 Å². The topological polar surface area (TPSA) is 68.5 Å². The Balaban J connectivity index is 1.84. The van der Waals surface area contributed by atoms with Gasteiger partial charge in [0.2, 0.25) is 5.95 Å². The monoisotopic (exact) mass is 254 g/mol. The van der Waals surface area contributed by atoms with Crippen molar-refractivity contribution in [1.29, 1.82) is 0 Å². The van der Waals surface area contributed by atoms with Crippen LogP contribution in [0.2, 0.25) is 0 Å². The van der Waals surface area contributed by atoms with E-state index in [0.717, 1.165) is 28.4 Å². The molecule has 0 aliphatic carbocycles. The zero-order valence-electron chi connectivity index (χ0n) is 10.8. The number of hydrogen-bond donors (Lipinski definition) is 1. The summed E-state index contributed by atoms with van der Waals surface area (Å²) in [6.07, 6.45) is 5.13. The second-order valence-corrected chi connectivity index (χ2v) is 4.36. The number of imidazole rings is 1. The van der Waals surface area contributed by atoms with Gasteiger partial charge in [-0.15, -0.1) is 0 Å². The van der Waals surface area contributed by atoms with Crippen LogP contribution >= 0.6 is 0 Å². The molecule has 0 amide bonds. The fourth-order valence-corrected chi connectivity index (χ4v) is 1.97. The van der Waals surface area contributed by atoms with Crippen molar-refractivity contribution in [3.8, 4) is 0 Å². The highest BCUT2D eigenvalue weighted by Crippen LogP contribution is 2.16.